The minimum absolute atomic E-state index is 0.448. The molecule has 0 aliphatic heterocycles. The predicted molar refractivity (Wildman–Crippen MR) is 87.4 cm³/mol. The second kappa shape index (κ2) is 12.3. The first kappa shape index (κ1) is 18.3. The number of hydrogen-bond donors (Lipinski definition) is 1. The van der Waals surface area contributed by atoms with E-state index in [-0.39, 0.29) is 0 Å². The zero-order valence-electron chi connectivity index (χ0n) is 13.0. The van der Waals surface area contributed by atoms with Crippen LogP contribution < -0.4 is 5.73 Å². The van der Waals surface area contributed by atoms with Crippen molar-refractivity contribution in [3.05, 3.63) is 0 Å². The first-order valence-corrected chi connectivity index (χ1v) is 8.89. The standard InChI is InChI=1S/C16H35NS/c1-16(2,3)18-15-13-11-9-7-5-4-6-8-10-12-14-17/h4-15,17H2,1-3H3. The van der Waals surface area contributed by atoms with E-state index in [4.69, 9.17) is 5.73 Å². The molecule has 0 unspecified atom stereocenters. The summed E-state index contributed by atoms with van der Waals surface area (Å²) in [7, 11) is 0. The summed E-state index contributed by atoms with van der Waals surface area (Å²) in [5.74, 6) is 1.34. The average Bonchev–Trinajstić information content (AvgIpc) is 2.29. The number of thioether (sulfide) groups is 1. The second-order valence-electron chi connectivity index (χ2n) is 6.29. The van der Waals surface area contributed by atoms with E-state index in [0.29, 0.717) is 4.75 Å². The van der Waals surface area contributed by atoms with Crippen molar-refractivity contribution in [1.29, 1.82) is 0 Å². The van der Waals surface area contributed by atoms with Crippen molar-refractivity contribution in [2.45, 2.75) is 89.7 Å². The van der Waals surface area contributed by atoms with Gasteiger partial charge in [-0.25, -0.2) is 0 Å². The fraction of sp³-hybridized carbons (Fsp3) is 1.00. The molecule has 0 aromatic rings. The molecule has 0 aliphatic carbocycles. The monoisotopic (exact) mass is 273 g/mol. The van der Waals surface area contributed by atoms with Gasteiger partial charge in [-0.3, -0.25) is 0 Å². The summed E-state index contributed by atoms with van der Waals surface area (Å²) in [5, 5.41) is 0. The topological polar surface area (TPSA) is 26.0 Å². The third kappa shape index (κ3) is 16.3. The molecule has 0 atom stereocenters. The van der Waals surface area contributed by atoms with E-state index >= 15 is 0 Å². The molecule has 0 aromatic carbocycles. The molecule has 0 spiro atoms. The quantitative estimate of drug-likeness (QED) is 0.483. The lowest BCUT2D eigenvalue weighted by molar-refractivity contribution is 0.558. The summed E-state index contributed by atoms with van der Waals surface area (Å²) >= 11 is 2.10. The van der Waals surface area contributed by atoms with Crippen LogP contribution in [0.3, 0.4) is 0 Å². The van der Waals surface area contributed by atoms with Crippen LogP contribution >= 0.6 is 11.8 Å². The van der Waals surface area contributed by atoms with E-state index in [1.54, 1.807) is 0 Å². The highest BCUT2D eigenvalue weighted by molar-refractivity contribution is 8.00. The molecule has 18 heavy (non-hydrogen) atoms. The van der Waals surface area contributed by atoms with Gasteiger partial charge in [-0.05, 0) is 25.1 Å². The molecule has 0 fully saturated rings. The van der Waals surface area contributed by atoms with Gasteiger partial charge >= 0.3 is 0 Å². The summed E-state index contributed by atoms with van der Waals surface area (Å²) in [6.45, 7) is 7.79. The van der Waals surface area contributed by atoms with Crippen LogP contribution in [-0.2, 0) is 0 Å². The Morgan fingerprint density at radius 1 is 0.667 bits per heavy atom. The average molecular weight is 274 g/mol. The highest BCUT2D eigenvalue weighted by Gasteiger charge is 2.08. The maximum atomic E-state index is 5.47. The molecule has 0 heterocycles. The van der Waals surface area contributed by atoms with Gasteiger partial charge in [-0.1, -0.05) is 72.1 Å². The van der Waals surface area contributed by atoms with Crippen LogP contribution in [0.5, 0.6) is 0 Å². The number of rotatable bonds is 12. The molecule has 2 N–H and O–H groups in total. The van der Waals surface area contributed by atoms with Gasteiger partial charge in [0.25, 0.3) is 0 Å². The Kier molecular flexibility index (Phi) is 12.6. The van der Waals surface area contributed by atoms with Gasteiger partial charge in [-0.15, -0.1) is 0 Å². The van der Waals surface area contributed by atoms with Crippen LogP contribution in [0.25, 0.3) is 0 Å². The fourth-order valence-electron chi connectivity index (χ4n) is 2.04. The SMILES string of the molecule is CC(C)(C)SCCCCCCCCCCCCN. The van der Waals surface area contributed by atoms with Gasteiger partial charge in [0, 0.05) is 4.75 Å². The molecule has 0 aliphatic rings. The van der Waals surface area contributed by atoms with Gasteiger partial charge in [0.1, 0.15) is 0 Å². The van der Waals surface area contributed by atoms with Gasteiger partial charge in [-0.2, -0.15) is 11.8 Å². The predicted octanol–water partition coefficient (Wildman–Crippen LogP) is 5.38. The van der Waals surface area contributed by atoms with E-state index in [2.05, 4.69) is 32.5 Å². The summed E-state index contributed by atoms with van der Waals surface area (Å²) in [5.41, 5.74) is 5.47. The zero-order valence-corrected chi connectivity index (χ0v) is 13.8. The Labute approximate surface area is 120 Å². The van der Waals surface area contributed by atoms with E-state index in [9.17, 15) is 0 Å². The molecule has 1 nitrogen and oxygen atoms in total. The van der Waals surface area contributed by atoms with Crippen LogP contribution in [0.4, 0.5) is 0 Å². The molecule has 0 bridgehead atoms. The Morgan fingerprint density at radius 2 is 1.06 bits per heavy atom. The van der Waals surface area contributed by atoms with Gasteiger partial charge in [0.2, 0.25) is 0 Å². The molecule has 0 amide bonds. The van der Waals surface area contributed by atoms with Crippen LogP contribution in [-0.4, -0.2) is 17.0 Å². The second-order valence-corrected chi connectivity index (χ2v) is 8.21. The largest absolute Gasteiger partial charge is 0.330 e. The van der Waals surface area contributed by atoms with E-state index in [1.165, 1.54) is 70.0 Å². The van der Waals surface area contributed by atoms with Crippen molar-refractivity contribution >= 4 is 11.8 Å². The van der Waals surface area contributed by atoms with Gasteiger partial charge in [0.05, 0.1) is 0 Å². The smallest absolute Gasteiger partial charge is 0.00750 e. The van der Waals surface area contributed by atoms with Crippen molar-refractivity contribution in [2.24, 2.45) is 5.73 Å². The Balaban J connectivity index is 2.99. The number of hydrogen-bond acceptors (Lipinski definition) is 2. The highest BCUT2D eigenvalue weighted by Crippen LogP contribution is 2.24. The highest BCUT2D eigenvalue weighted by atomic mass is 32.2. The lowest BCUT2D eigenvalue weighted by atomic mass is 10.1. The van der Waals surface area contributed by atoms with Crippen molar-refractivity contribution in [1.82, 2.24) is 0 Å². The van der Waals surface area contributed by atoms with Crippen molar-refractivity contribution in [2.75, 3.05) is 12.3 Å². The van der Waals surface area contributed by atoms with Crippen LogP contribution in [0.15, 0.2) is 0 Å². The zero-order chi connectivity index (χ0) is 13.7. The van der Waals surface area contributed by atoms with Crippen molar-refractivity contribution in [3.63, 3.8) is 0 Å². The molecule has 0 saturated heterocycles. The summed E-state index contributed by atoms with van der Waals surface area (Å²) in [6, 6.07) is 0. The first-order chi connectivity index (χ1) is 8.56. The van der Waals surface area contributed by atoms with Crippen molar-refractivity contribution in [3.8, 4) is 0 Å². The Bertz CT molecular complexity index is 163. The summed E-state index contributed by atoms with van der Waals surface area (Å²) in [4.78, 5) is 0. The maximum Gasteiger partial charge on any atom is 0.00750 e. The Hall–Kier alpha value is 0.310. The lowest BCUT2D eigenvalue weighted by Crippen LogP contribution is -2.08. The molecule has 110 valence electrons. The molecule has 0 saturated carbocycles. The number of nitrogens with two attached hydrogens (primary N) is 1. The van der Waals surface area contributed by atoms with Crippen LogP contribution in [0, 0.1) is 0 Å². The third-order valence-corrected chi connectivity index (χ3v) is 4.49. The molecule has 0 radical (unpaired) electrons. The third-order valence-electron chi connectivity index (χ3n) is 3.13. The van der Waals surface area contributed by atoms with Gasteiger partial charge in [0.15, 0.2) is 0 Å². The van der Waals surface area contributed by atoms with Crippen LogP contribution in [0.2, 0.25) is 0 Å². The minimum atomic E-state index is 0.448. The van der Waals surface area contributed by atoms with Gasteiger partial charge < -0.3 is 5.73 Å². The Morgan fingerprint density at radius 3 is 1.44 bits per heavy atom. The van der Waals surface area contributed by atoms with E-state index in [0.717, 1.165) is 6.54 Å². The normalized spacial score (nSPS) is 12.0. The molecular formula is C16H35NS. The summed E-state index contributed by atoms with van der Waals surface area (Å²) < 4.78 is 0.448. The minimum Gasteiger partial charge on any atom is -0.330 e. The van der Waals surface area contributed by atoms with Crippen LogP contribution in [0.1, 0.15) is 85.0 Å². The molecule has 2 heteroatoms. The lowest BCUT2D eigenvalue weighted by Gasteiger charge is -2.17. The molecule has 0 rings (SSSR count). The number of unbranched alkanes of at least 4 members (excludes halogenated alkanes) is 9. The summed E-state index contributed by atoms with van der Waals surface area (Å²) in [6.07, 6.45) is 13.9. The molecule has 0 aromatic heterocycles. The molecular weight excluding hydrogens is 238 g/mol. The first-order valence-electron chi connectivity index (χ1n) is 7.90. The fourth-order valence-corrected chi connectivity index (χ4v) is 3.00. The van der Waals surface area contributed by atoms with E-state index in [1.807, 2.05) is 0 Å². The van der Waals surface area contributed by atoms with Crippen molar-refractivity contribution < 1.29 is 0 Å². The van der Waals surface area contributed by atoms with E-state index < -0.39 is 0 Å². The maximum absolute atomic E-state index is 5.47.